The molecule has 1 aromatic heterocycles. The van der Waals surface area contributed by atoms with E-state index in [1.807, 2.05) is 13.0 Å². The van der Waals surface area contributed by atoms with E-state index in [2.05, 4.69) is 10.3 Å². The van der Waals surface area contributed by atoms with Crippen molar-refractivity contribution in [3.8, 4) is 0 Å². The number of benzene rings is 2. The number of nitrogens with one attached hydrogen (secondary N) is 1. The van der Waals surface area contributed by atoms with Gasteiger partial charge in [-0.3, -0.25) is 14.2 Å². The molecule has 122 valence electrons. The molecule has 0 aliphatic rings. The lowest BCUT2D eigenvalue weighted by atomic mass is 10.2. The zero-order chi connectivity index (χ0) is 17.1. The molecule has 5 nitrogen and oxygen atoms in total. The summed E-state index contributed by atoms with van der Waals surface area (Å²) in [5.74, 6) is -0.166. The molecule has 1 N–H and O–H groups in total. The molecule has 0 radical (unpaired) electrons. The molecular weight excluding hydrogens is 326 g/mol. The Morgan fingerprint density at radius 2 is 2.04 bits per heavy atom. The molecule has 2 aromatic carbocycles. The summed E-state index contributed by atoms with van der Waals surface area (Å²) >= 11 is 5.90. The number of carbonyl (C=O) groups excluding carboxylic acids is 1. The summed E-state index contributed by atoms with van der Waals surface area (Å²) in [6.45, 7) is 2.15. The van der Waals surface area contributed by atoms with Crippen molar-refractivity contribution in [3.05, 3.63) is 69.7 Å². The first kappa shape index (κ1) is 16.2. The summed E-state index contributed by atoms with van der Waals surface area (Å²) in [6.07, 6.45) is 1.66. The zero-order valence-electron chi connectivity index (χ0n) is 13.1. The molecular formula is C18H16ClN3O2. The third-order valence-corrected chi connectivity index (χ3v) is 4.01. The Balaban J connectivity index is 1.70. The van der Waals surface area contributed by atoms with E-state index in [0.29, 0.717) is 21.6 Å². The largest absolute Gasteiger partial charge is 0.326 e. The van der Waals surface area contributed by atoms with Crippen LogP contribution < -0.4 is 10.9 Å². The number of nitrogens with zero attached hydrogens (tertiary/aromatic N) is 2. The minimum Gasteiger partial charge on any atom is -0.326 e. The van der Waals surface area contributed by atoms with E-state index in [1.54, 1.807) is 36.4 Å². The minimum absolute atomic E-state index is 0.143. The summed E-state index contributed by atoms with van der Waals surface area (Å²) < 4.78 is 1.45. The SMILES string of the molecule is Cc1cc(Cl)ccc1NC(=O)CCn1cnc2ccccc2c1=O. The standard InChI is InChI=1S/C18H16ClN3O2/c1-12-10-13(19)6-7-15(12)21-17(23)8-9-22-11-20-16-5-3-2-4-14(16)18(22)24/h2-7,10-11H,8-9H2,1H3,(H,21,23). The number of anilines is 1. The first-order valence-corrected chi connectivity index (χ1v) is 7.92. The Hall–Kier alpha value is -2.66. The first-order valence-electron chi connectivity index (χ1n) is 7.55. The number of para-hydroxylation sites is 1. The van der Waals surface area contributed by atoms with E-state index in [0.717, 1.165) is 5.56 Å². The molecule has 0 saturated carbocycles. The average Bonchev–Trinajstić information content (AvgIpc) is 2.57. The number of rotatable bonds is 4. The molecule has 0 aliphatic carbocycles. The summed E-state index contributed by atoms with van der Waals surface area (Å²) in [5, 5.41) is 4.01. The maximum absolute atomic E-state index is 12.4. The van der Waals surface area contributed by atoms with Crippen LogP contribution in [0.1, 0.15) is 12.0 Å². The Labute approximate surface area is 143 Å². The van der Waals surface area contributed by atoms with E-state index in [4.69, 9.17) is 11.6 Å². The van der Waals surface area contributed by atoms with Gasteiger partial charge in [0.1, 0.15) is 0 Å². The maximum atomic E-state index is 12.4. The fraction of sp³-hybridized carbons (Fsp3) is 0.167. The van der Waals surface area contributed by atoms with Crippen molar-refractivity contribution >= 4 is 34.1 Å². The van der Waals surface area contributed by atoms with Crippen molar-refractivity contribution in [2.45, 2.75) is 19.9 Å². The number of hydrogen-bond acceptors (Lipinski definition) is 3. The molecule has 3 rings (SSSR count). The second kappa shape index (κ2) is 6.84. The Morgan fingerprint density at radius 1 is 1.25 bits per heavy atom. The van der Waals surface area contributed by atoms with Crippen LogP contribution in [-0.4, -0.2) is 15.5 Å². The summed E-state index contributed by atoms with van der Waals surface area (Å²) in [6, 6.07) is 12.4. The van der Waals surface area contributed by atoms with Crippen LogP contribution in [0.3, 0.4) is 0 Å². The lowest BCUT2D eigenvalue weighted by molar-refractivity contribution is -0.116. The third kappa shape index (κ3) is 3.46. The van der Waals surface area contributed by atoms with E-state index < -0.39 is 0 Å². The van der Waals surface area contributed by atoms with Gasteiger partial charge in [0.05, 0.1) is 17.2 Å². The van der Waals surface area contributed by atoms with Crippen molar-refractivity contribution in [2.75, 3.05) is 5.32 Å². The van der Waals surface area contributed by atoms with Crippen LogP contribution in [0.5, 0.6) is 0 Å². The zero-order valence-corrected chi connectivity index (χ0v) is 13.9. The van der Waals surface area contributed by atoms with Crippen LogP contribution in [0.15, 0.2) is 53.6 Å². The highest BCUT2D eigenvalue weighted by Gasteiger charge is 2.08. The summed E-state index contributed by atoms with van der Waals surface area (Å²) in [5.41, 5.74) is 2.12. The normalized spacial score (nSPS) is 10.8. The van der Waals surface area contributed by atoms with Gasteiger partial charge in [-0.25, -0.2) is 4.98 Å². The molecule has 0 unspecified atom stereocenters. The van der Waals surface area contributed by atoms with E-state index >= 15 is 0 Å². The van der Waals surface area contributed by atoms with Gasteiger partial charge in [-0.15, -0.1) is 0 Å². The van der Waals surface area contributed by atoms with Gasteiger partial charge in [0.15, 0.2) is 0 Å². The van der Waals surface area contributed by atoms with Crippen LogP contribution in [0.2, 0.25) is 5.02 Å². The quantitative estimate of drug-likeness (QED) is 0.791. The predicted octanol–water partition coefficient (Wildman–Crippen LogP) is 3.39. The Morgan fingerprint density at radius 3 is 2.83 bits per heavy atom. The highest BCUT2D eigenvalue weighted by molar-refractivity contribution is 6.30. The van der Waals surface area contributed by atoms with Gasteiger partial charge in [-0.1, -0.05) is 23.7 Å². The fourth-order valence-corrected chi connectivity index (χ4v) is 2.69. The number of aryl methyl sites for hydroxylation is 2. The van der Waals surface area contributed by atoms with E-state index in [-0.39, 0.29) is 24.4 Å². The lowest BCUT2D eigenvalue weighted by Crippen LogP contribution is -2.23. The predicted molar refractivity (Wildman–Crippen MR) is 95.4 cm³/mol. The molecule has 24 heavy (non-hydrogen) atoms. The van der Waals surface area contributed by atoms with Gasteiger partial charge in [-0.05, 0) is 42.8 Å². The molecule has 3 aromatic rings. The van der Waals surface area contributed by atoms with Crippen molar-refractivity contribution < 1.29 is 4.79 Å². The number of hydrogen-bond donors (Lipinski definition) is 1. The number of fused-ring (bicyclic) bond motifs is 1. The van der Waals surface area contributed by atoms with Crippen molar-refractivity contribution in [3.63, 3.8) is 0 Å². The molecule has 0 aliphatic heterocycles. The molecule has 1 amide bonds. The highest BCUT2D eigenvalue weighted by atomic mass is 35.5. The second-order valence-electron chi connectivity index (χ2n) is 5.52. The smallest absolute Gasteiger partial charge is 0.261 e. The van der Waals surface area contributed by atoms with Crippen LogP contribution in [0.4, 0.5) is 5.69 Å². The molecule has 0 bridgehead atoms. The number of halogens is 1. The average molecular weight is 342 g/mol. The number of aromatic nitrogens is 2. The molecule has 0 spiro atoms. The van der Waals surface area contributed by atoms with Crippen molar-refractivity contribution in [1.82, 2.24) is 9.55 Å². The Bertz CT molecular complexity index is 966. The van der Waals surface area contributed by atoms with Crippen LogP contribution in [0, 0.1) is 6.92 Å². The maximum Gasteiger partial charge on any atom is 0.261 e. The third-order valence-electron chi connectivity index (χ3n) is 3.77. The number of carbonyl (C=O) groups is 1. The van der Waals surface area contributed by atoms with Crippen LogP contribution in [0.25, 0.3) is 10.9 Å². The first-order chi connectivity index (χ1) is 11.5. The lowest BCUT2D eigenvalue weighted by Gasteiger charge is -2.10. The molecule has 0 saturated heterocycles. The summed E-state index contributed by atoms with van der Waals surface area (Å²) in [4.78, 5) is 28.7. The van der Waals surface area contributed by atoms with E-state index in [1.165, 1.54) is 10.9 Å². The minimum atomic E-state index is -0.166. The fourth-order valence-electron chi connectivity index (χ4n) is 2.47. The van der Waals surface area contributed by atoms with Crippen molar-refractivity contribution in [1.29, 1.82) is 0 Å². The van der Waals surface area contributed by atoms with Crippen molar-refractivity contribution in [2.24, 2.45) is 0 Å². The van der Waals surface area contributed by atoms with Gasteiger partial charge < -0.3 is 5.32 Å². The monoisotopic (exact) mass is 341 g/mol. The van der Waals surface area contributed by atoms with Gasteiger partial charge in [-0.2, -0.15) is 0 Å². The van der Waals surface area contributed by atoms with E-state index in [9.17, 15) is 9.59 Å². The molecule has 1 heterocycles. The van der Waals surface area contributed by atoms with Gasteiger partial charge in [0, 0.05) is 23.7 Å². The van der Waals surface area contributed by atoms with Gasteiger partial charge in [0.2, 0.25) is 5.91 Å². The molecule has 6 heteroatoms. The molecule has 0 fully saturated rings. The topological polar surface area (TPSA) is 64.0 Å². The van der Waals surface area contributed by atoms with Gasteiger partial charge >= 0.3 is 0 Å². The van der Waals surface area contributed by atoms with Crippen LogP contribution >= 0.6 is 11.6 Å². The summed E-state index contributed by atoms with van der Waals surface area (Å²) in [7, 11) is 0. The van der Waals surface area contributed by atoms with Gasteiger partial charge in [0.25, 0.3) is 5.56 Å². The van der Waals surface area contributed by atoms with Crippen LogP contribution in [-0.2, 0) is 11.3 Å². The number of amides is 1. The second-order valence-corrected chi connectivity index (χ2v) is 5.95. The highest BCUT2D eigenvalue weighted by Crippen LogP contribution is 2.19. The Kier molecular flexibility index (Phi) is 4.62. The molecule has 0 atom stereocenters.